The monoisotopic (exact) mass is 295 g/mol. The summed E-state index contributed by atoms with van der Waals surface area (Å²) in [5.41, 5.74) is 3.44. The van der Waals surface area contributed by atoms with Gasteiger partial charge in [0.25, 0.3) is 0 Å². The molecule has 3 heteroatoms. The summed E-state index contributed by atoms with van der Waals surface area (Å²) in [5.74, 6) is 1.11. The van der Waals surface area contributed by atoms with Crippen molar-refractivity contribution in [3.8, 4) is 5.75 Å². The van der Waals surface area contributed by atoms with Crippen molar-refractivity contribution < 1.29 is 9.53 Å². The zero-order chi connectivity index (χ0) is 15.4. The Labute approximate surface area is 131 Å². The molecule has 0 fully saturated rings. The van der Waals surface area contributed by atoms with E-state index >= 15 is 0 Å². The summed E-state index contributed by atoms with van der Waals surface area (Å²) in [6.07, 6.45) is 2.53. The number of hydrogen-bond donors (Lipinski definition) is 0. The Hall–Kier alpha value is -2.29. The van der Waals surface area contributed by atoms with Crippen LogP contribution in [0.1, 0.15) is 23.1 Å². The number of ether oxygens (including phenoxy) is 1. The van der Waals surface area contributed by atoms with Gasteiger partial charge in [0.1, 0.15) is 5.75 Å². The van der Waals surface area contributed by atoms with Crippen molar-refractivity contribution in [3.05, 3.63) is 65.2 Å². The molecule has 0 bridgehead atoms. The standard InChI is InChI=1S/C19H21NO2/c1-20(14-15-6-3-2-4-7-15)19(21)13-16-9-10-18-17(12-16)8-5-11-22-18/h2-4,6-7,9-10,12H,5,8,11,13-14H2,1H3. The molecule has 1 heterocycles. The van der Waals surface area contributed by atoms with E-state index in [1.54, 1.807) is 4.90 Å². The SMILES string of the molecule is CN(Cc1ccccc1)C(=O)Cc1ccc2c(c1)CCCO2. The maximum absolute atomic E-state index is 12.4. The van der Waals surface area contributed by atoms with Crippen LogP contribution in [0.25, 0.3) is 0 Å². The molecular formula is C19H21NO2. The highest BCUT2D eigenvalue weighted by molar-refractivity contribution is 5.78. The van der Waals surface area contributed by atoms with Crippen molar-refractivity contribution in [3.63, 3.8) is 0 Å². The minimum absolute atomic E-state index is 0.139. The maximum Gasteiger partial charge on any atom is 0.227 e. The molecule has 0 radical (unpaired) electrons. The third-order valence-corrected chi connectivity index (χ3v) is 4.02. The van der Waals surface area contributed by atoms with Gasteiger partial charge < -0.3 is 9.64 Å². The van der Waals surface area contributed by atoms with Gasteiger partial charge in [0, 0.05) is 13.6 Å². The lowest BCUT2D eigenvalue weighted by Crippen LogP contribution is -2.27. The lowest BCUT2D eigenvalue weighted by Gasteiger charge is -2.20. The zero-order valence-electron chi connectivity index (χ0n) is 12.9. The summed E-state index contributed by atoms with van der Waals surface area (Å²) in [6.45, 7) is 1.44. The van der Waals surface area contributed by atoms with Crippen LogP contribution in [0.15, 0.2) is 48.5 Å². The van der Waals surface area contributed by atoms with Crippen LogP contribution in [0, 0.1) is 0 Å². The highest BCUT2D eigenvalue weighted by Gasteiger charge is 2.14. The van der Waals surface area contributed by atoms with Crippen molar-refractivity contribution in [2.75, 3.05) is 13.7 Å². The summed E-state index contributed by atoms with van der Waals surface area (Å²) in [5, 5.41) is 0. The van der Waals surface area contributed by atoms with Gasteiger partial charge in [-0.3, -0.25) is 4.79 Å². The molecule has 3 nitrogen and oxygen atoms in total. The lowest BCUT2D eigenvalue weighted by molar-refractivity contribution is -0.129. The van der Waals surface area contributed by atoms with E-state index in [4.69, 9.17) is 4.74 Å². The molecule has 1 aliphatic heterocycles. The largest absolute Gasteiger partial charge is 0.493 e. The molecule has 0 N–H and O–H groups in total. The molecular weight excluding hydrogens is 274 g/mol. The Bertz CT molecular complexity index is 652. The van der Waals surface area contributed by atoms with E-state index in [0.717, 1.165) is 36.3 Å². The molecule has 0 spiro atoms. The van der Waals surface area contributed by atoms with Gasteiger partial charge in [0.15, 0.2) is 0 Å². The summed E-state index contributed by atoms with van der Waals surface area (Å²) in [7, 11) is 1.86. The minimum atomic E-state index is 0.139. The van der Waals surface area contributed by atoms with Crippen LogP contribution in [0.4, 0.5) is 0 Å². The lowest BCUT2D eigenvalue weighted by atomic mass is 10.0. The first-order valence-corrected chi connectivity index (χ1v) is 7.75. The van der Waals surface area contributed by atoms with Gasteiger partial charge in [-0.25, -0.2) is 0 Å². The molecule has 3 rings (SSSR count). The van der Waals surface area contributed by atoms with Crippen LogP contribution in [-0.2, 0) is 24.2 Å². The Morgan fingerprint density at radius 1 is 1.14 bits per heavy atom. The number of nitrogens with zero attached hydrogens (tertiary/aromatic N) is 1. The Morgan fingerprint density at radius 3 is 2.77 bits per heavy atom. The molecule has 1 aliphatic rings. The zero-order valence-corrected chi connectivity index (χ0v) is 12.9. The van der Waals surface area contributed by atoms with E-state index in [-0.39, 0.29) is 5.91 Å². The predicted molar refractivity (Wildman–Crippen MR) is 86.9 cm³/mol. The van der Waals surface area contributed by atoms with E-state index in [1.807, 2.05) is 49.5 Å². The van der Waals surface area contributed by atoms with E-state index in [1.165, 1.54) is 5.56 Å². The maximum atomic E-state index is 12.4. The smallest absolute Gasteiger partial charge is 0.227 e. The number of amides is 1. The average molecular weight is 295 g/mol. The molecule has 22 heavy (non-hydrogen) atoms. The van der Waals surface area contributed by atoms with Gasteiger partial charge in [0.2, 0.25) is 5.91 Å². The van der Waals surface area contributed by atoms with Crippen LogP contribution in [0.2, 0.25) is 0 Å². The number of likely N-dealkylation sites (N-methyl/N-ethyl adjacent to an activating group) is 1. The quantitative estimate of drug-likeness (QED) is 0.867. The molecule has 0 saturated heterocycles. The second-order valence-electron chi connectivity index (χ2n) is 5.81. The number of carbonyl (C=O) groups is 1. The van der Waals surface area contributed by atoms with Gasteiger partial charge in [-0.2, -0.15) is 0 Å². The molecule has 2 aromatic rings. The van der Waals surface area contributed by atoms with Crippen LogP contribution < -0.4 is 4.74 Å². The van der Waals surface area contributed by atoms with Crippen molar-refractivity contribution >= 4 is 5.91 Å². The molecule has 0 saturated carbocycles. The Balaban J connectivity index is 1.63. The van der Waals surface area contributed by atoms with E-state index in [9.17, 15) is 4.79 Å². The fourth-order valence-corrected chi connectivity index (χ4v) is 2.78. The molecule has 0 aliphatic carbocycles. The summed E-state index contributed by atoms with van der Waals surface area (Å²) >= 11 is 0. The third-order valence-electron chi connectivity index (χ3n) is 4.02. The first kappa shape index (κ1) is 14.6. The van der Waals surface area contributed by atoms with Gasteiger partial charge in [-0.1, -0.05) is 42.5 Å². The number of benzene rings is 2. The van der Waals surface area contributed by atoms with Crippen LogP contribution in [0.3, 0.4) is 0 Å². The van der Waals surface area contributed by atoms with E-state index < -0.39 is 0 Å². The van der Waals surface area contributed by atoms with Crippen LogP contribution in [0.5, 0.6) is 5.75 Å². The Kier molecular flexibility index (Phi) is 4.42. The first-order chi connectivity index (χ1) is 10.7. The van der Waals surface area contributed by atoms with Gasteiger partial charge in [-0.15, -0.1) is 0 Å². The summed E-state index contributed by atoms with van der Waals surface area (Å²) < 4.78 is 5.61. The highest BCUT2D eigenvalue weighted by Crippen LogP contribution is 2.25. The second kappa shape index (κ2) is 6.65. The highest BCUT2D eigenvalue weighted by atomic mass is 16.5. The molecule has 0 atom stereocenters. The normalized spacial score (nSPS) is 13.1. The molecule has 2 aromatic carbocycles. The predicted octanol–water partition coefficient (Wildman–Crippen LogP) is 3.21. The number of carbonyl (C=O) groups excluding carboxylic acids is 1. The summed E-state index contributed by atoms with van der Waals surface area (Å²) in [4.78, 5) is 14.2. The fraction of sp³-hybridized carbons (Fsp3) is 0.316. The Morgan fingerprint density at radius 2 is 1.95 bits per heavy atom. The van der Waals surface area contributed by atoms with Crippen LogP contribution in [-0.4, -0.2) is 24.5 Å². The number of aryl methyl sites for hydroxylation is 1. The molecule has 0 unspecified atom stereocenters. The topological polar surface area (TPSA) is 29.5 Å². The van der Waals surface area contributed by atoms with Gasteiger partial charge in [-0.05, 0) is 35.6 Å². The van der Waals surface area contributed by atoms with E-state index in [0.29, 0.717) is 13.0 Å². The minimum Gasteiger partial charge on any atom is -0.493 e. The molecule has 1 amide bonds. The third kappa shape index (κ3) is 3.48. The van der Waals surface area contributed by atoms with Crippen molar-refractivity contribution in [1.82, 2.24) is 4.90 Å². The average Bonchev–Trinajstić information content (AvgIpc) is 2.55. The van der Waals surface area contributed by atoms with Crippen molar-refractivity contribution in [1.29, 1.82) is 0 Å². The number of fused-ring (bicyclic) bond motifs is 1. The number of rotatable bonds is 4. The fourth-order valence-electron chi connectivity index (χ4n) is 2.78. The van der Waals surface area contributed by atoms with Gasteiger partial charge >= 0.3 is 0 Å². The number of hydrogen-bond acceptors (Lipinski definition) is 2. The van der Waals surface area contributed by atoms with Crippen molar-refractivity contribution in [2.45, 2.75) is 25.8 Å². The molecule has 114 valence electrons. The second-order valence-corrected chi connectivity index (χ2v) is 5.81. The van der Waals surface area contributed by atoms with Gasteiger partial charge in [0.05, 0.1) is 13.0 Å². The first-order valence-electron chi connectivity index (χ1n) is 7.75. The van der Waals surface area contributed by atoms with Crippen LogP contribution >= 0.6 is 0 Å². The summed E-state index contributed by atoms with van der Waals surface area (Å²) in [6, 6.07) is 16.2. The van der Waals surface area contributed by atoms with E-state index in [2.05, 4.69) is 6.07 Å². The van der Waals surface area contributed by atoms with Crippen molar-refractivity contribution in [2.24, 2.45) is 0 Å². The molecule has 0 aromatic heterocycles.